The molecule has 0 radical (unpaired) electrons. The lowest BCUT2D eigenvalue weighted by atomic mass is 10.5. The quantitative estimate of drug-likeness (QED) is 0.870. The largest absolute Gasteiger partial charge is 0.477 e. The summed E-state index contributed by atoms with van der Waals surface area (Å²) in [5.74, 6) is -1.02. The minimum absolute atomic E-state index is 0.0412. The van der Waals surface area contributed by atoms with Crippen LogP contribution < -0.4 is 4.72 Å². The zero-order valence-electron chi connectivity index (χ0n) is 9.20. The van der Waals surface area contributed by atoms with Crippen molar-refractivity contribution in [2.45, 2.75) is 4.90 Å². The molecule has 6 nitrogen and oxygen atoms in total. The van der Waals surface area contributed by atoms with Crippen molar-refractivity contribution in [3.63, 3.8) is 0 Å². The number of carbonyl (C=O) groups is 1. The van der Waals surface area contributed by atoms with Gasteiger partial charge in [0.05, 0.1) is 9.37 Å². The number of carboxylic acids is 1. The minimum Gasteiger partial charge on any atom is -0.477 e. The molecule has 0 amide bonds. The second-order valence-electron chi connectivity index (χ2n) is 3.39. The Hall–Kier alpha value is -1.45. The second kappa shape index (κ2) is 5.27. The predicted octanol–water partition coefficient (Wildman–Crippen LogP) is 2.40. The van der Waals surface area contributed by atoms with E-state index in [1.54, 1.807) is 12.1 Å². The Morgan fingerprint density at radius 3 is 2.79 bits per heavy atom. The molecule has 0 atom stereocenters. The van der Waals surface area contributed by atoms with E-state index in [0.29, 0.717) is 4.47 Å². The van der Waals surface area contributed by atoms with Crippen LogP contribution in [0.3, 0.4) is 0 Å². The van der Waals surface area contributed by atoms with Crippen LogP contribution in [0.4, 0.5) is 5.82 Å². The number of hydrogen-bond donors (Lipinski definition) is 2. The third-order valence-corrected chi connectivity index (χ3v) is 5.11. The van der Waals surface area contributed by atoms with Crippen LogP contribution in [0.1, 0.15) is 9.67 Å². The molecule has 0 aliphatic heterocycles. The average molecular weight is 363 g/mol. The number of halogens is 1. The SMILES string of the molecule is O=C(O)c1cc(S(=O)(=O)Nc2ncccc2Br)cs1. The van der Waals surface area contributed by atoms with Gasteiger partial charge in [0.2, 0.25) is 0 Å². The van der Waals surface area contributed by atoms with Crippen molar-refractivity contribution in [1.82, 2.24) is 4.98 Å². The van der Waals surface area contributed by atoms with Gasteiger partial charge in [-0.15, -0.1) is 11.3 Å². The molecule has 0 fully saturated rings. The predicted molar refractivity (Wildman–Crippen MR) is 74.0 cm³/mol. The van der Waals surface area contributed by atoms with Crippen molar-refractivity contribution in [1.29, 1.82) is 0 Å². The third kappa shape index (κ3) is 3.11. The number of aromatic nitrogens is 1. The zero-order chi connectivity index (χ0) is 14.0. The maximum atomic E-state index is 12.0. The summed E-state index contributed by atoms with van der Waals surface area (Å²) < 4.78 is 26.8. The number of rotatable bonds is 4. The number of nitrogens with zero attached hydrogens (tertiary/aromatic N) is 1. The van der Waals surface area contributed by atoms with Crippen LogP contribution in [0.5, 0.6) is 0 Å². The van der Waals surface area contributed by atoms with Crippen LogP contribution in [0.2, 0.25) is 0 Å². The number of sulfonamides is 1. The number of anilines is 1. The normalized spacial score (nSPS) is 11.2. The van der Waals surface area contributed by atoms with Crippen molar-refractivity contribution in [3.8, 4) is 0 Å². The van der Waals surface area contributed by atoms with Gasteiger partial charge in [-0.25, -0.2) is 18.2 Å². The van der Waals surface area contributed by atoms with Crippen LogP contribution in [0.25, 0.3) is 0 Å². The lowest BCUT2D eigenvalue weighted by Crippen LogP contribution is -2.13. The summed E-state index contributed by atoms with van der Waals surface area (Å²) in [5.41, 5.74) is 0. The van der Waals surface area contributed by atoms with E-state index in [1.165, 1.54) is 11.6 Å². The molecule has 2 aromatic heterocycles. The highest BCUT2D eigenvalue weighted by Gasteiger charge is 2.19. The molecule has 2 heterocycles. The lowest BCUT2D eigenvalue weighted by molar-refractivity contribution is 0.0702. The fraction of sp³-hybridized carbons (Fsp3) is 0. The Balaban J connectivity index is 2.32. The number of thiophene rings is 1. The van der Waals surface area contributed by atoms with E-state index in [4.69, 9.17) is 5.11 Å². The summed E-state index contributed by atoms with van der Waals surface area (Å²) in [6.45, 7) is 0. The monoisotopic (exact) mass is 362 g/mol. The van der Waals surface area contributed by atoms with Crippen molar-refractivity contribution in [3.05, 3.63) is 39.1 Å². The van der Waals surface area contributed by atoms with Gasteiger partial charge in [-0.1, -0.05) is 0 Å². The van der Waals surface area contributed by atoms with Crippen LogP contribution >= 0.6 is 27.3 Å². The second-order valence-corrected chi connectivity index (χ2v) is 6.84. The number of carboxylic acid groups (broad SMARTS) is 1. The average Bonchev–Trinajstić information content (AvgIpc) is 2.82. The minimum atomic E-state index is -3.84. The molecular formula is C10H7BrN2O4S2. The molecule has 100 valence electrons. The topological polar surface area (TPSA) is 96.4 Å². The standard InChI is InChI=1S/C10H7BrN2O4S2/c11-7-2-1-3-12-9(7)13-19(16,17)6-4-8(10(14)15)18-5-6/h1-5H,(H,12,13)(H,14,15). The van der Waals surface area contributed by atoms with E-state index in [9.17, 15) is 13.2 Å². The van der Waals surface area contributed by atoms with Crippen LogP contribution in [0, 0.1) is 0 Å². The molecular weight excluding hydrogens is 356 g/mol. The van der Waals surface area contributed by atoms with Crippen molar-refractivity contribution < 1.29 is 18.3 Å². The molecule has 0 saturated heterocycles. The van der Waals surface area contributed by atoms with Crippen molar-refractivity contribution >= 4 is 49.1 Å². The molecule has 2 rings (SSSR count). The molecule has 0 aliphatic carbocycles. The van der Waals surface area contributed by atoms with Gasteiger partial charge in [0.1, 0.15) is 4.88 Å². The van der Waals surface area contributed by atoms with E-state index >= 15 is 0 Å². The fourth-order valence-corrected chi connectivity index (χ4v) is 3.84. The van der Waals surface area contributed by atoms with E-state index in [2.05, 4.69) is 25.6 Å². The van der Waals surface area contributed by atoms with Crippen molar-refractivity contribution in [2.24, 2.45) is 0 Å². The highest BCUT2D eigenvalue weighted by molar-refractivity contribution is 9.10. The van der Waals surface area contributed by atoms with Crippen LogP contribution in [-0.2, 0) is 10.0 Å². The number of aromatic carboxylic acids is 1. The highest BCUT2D eigenvalue weighted by atomic mass is 79.9. The summed E-state index contributed by atoms with van der Waals surface area (Å²) in [4.78, 5) is 14.5. The van der Waals surface area contributed by atoms with Crippen LogP contribution in [-0.4, -0.2) is 24.5 Å². The Kier molecular flexibility index (Phi) is 3.88. The van der Waals surface area contributed by atoms with Gasteiger partial charge in [-0.2, -0.15) is 0 Å². The van der Waals surface area contributed by atoms with Gasteiger partial charge in [-0.05, 0) is 34.1 Å². The van der Waals surface area contributed by atoms with E-state index in [1.807, 2.05) is 0 Å². The molecule has 2 aromatic rings. The molecule has 0 bridgehead atoms. The van der Waals surface area contributed by atoms with Gasteiger partial charge in [0, 0.05) is 11.6 Å². The first-order valence-corrected chi connectivity index (χ1v) is 8.01. The zero-order valence-corrected chi connectivity index (χ0v) is 12.4. The Labute approximate surface area is 121 Å². The first-order chi connectivity index (χ1) is 8.90. The smallest absolute Gasteiger partial charge is 0.345 e. The first kappa shape index (κ1) is 14.0. The van der Waals surface area contributed by atoms with E-state index in [-0.39, 0.29) is 15.6 Å². The first-order valence-electron chi connectivity index (χ1n) is 4.85. The van der Waals surface area contributed by atoms with Crippen LogP contribution in [0.15, 0.2) is 39.1 Å². The Morgan fingerprint density at radius 2 is 2.21 bits per heavy atom. The number of pyridine rings is 1. The Bertz CT molecular complexity index is 727. The highest BCUT2D eigenvalue weighted by Crippen LogP contribution is 2.24. The van der Waals surface area contributed by atoms with Gasteiger partial charge in [-0.3, -0.25) is 4.72 Å². The van der Waals surface area contributed by atoms with E-state index < -0.39 is 16.0 Å². The molecule has 19 heavy (non-hydrogen) atoms. The fourth-order valence-electron chi connectivity index (χ4n) is 1.22. The molecule has 0 aliphatic rings. The van der Waals surface area contributed by atoms with Gasteiger partial charge in [0.25, 0.3) is 10.0 Å². The van der Waals surface area contributed by atoms with Gasteiger partial charge in [0.15, 0.2) is 5.82 Å². The van der Waals surface area contributed by atoms with Crippen molar-refractivity contribution in [2.75, 3.05) is 4.72 Å². The molecule has 9 heteroatoms. The lowest BCUT2D eigenvalue weighted by Gasteiger charge is -2.06. The summed E-state index contributed by atoms with van der Waals surface area (Å²) in [6, 6.07) is 4.39. The summed E-state index contributed by atoms with van der Waals surface area (Å²) in [5, 5.41) is 10.0. The third-order valence-electron chi connectivity index (χ3n) is 2.09. The molecule has 0 saturated carbocycles. The molecule has 0 aromatic carbocycles. The maximum Gasteiger partial charge on any atom is 0.345 e. The summed E-state index contributed by atoms with van der Waals surface area (Å²) >= 11 is 4.02. The molecule has 0 unspecified atom stereocenters. The van der Waals surface area contributed by atoms with Gasteiger partial charge < -0.3 is 5.11 Å². The number of nitrogens with one attached hydrogen (secondary N) is 1. The summed E-state index contributed by atoms with van der Waals surface area (Å²) in [6.07, 6.45) is 1.44. The Morgan fingerprint density at radius 1 is 1.47 bits per heavy atom. The maximum absolute atomic E-state index is 12.0. The molecule has 2 N–H and O–H groups in total. The molecule has 0 spiro atoms. The number of hydrogen-bond acceptors (Lipinski definition) is 5. The van der Waals surface area contributed by atoms with Gasteiger partial charge >= 0.3 is 5.97 Å². The van der Waals surface area contributed by atoms with E-state index in [0.717, 1.165) is 17.4 Å². The summed E-state index contributed by atoms with van der Waals surface area (Å²) in [7, 11) is -3.84.